The normalized spacial score (nSPS) is 18.8. The number of rotatable bonds is 4. The summed E-state index contributed by atoms with van der Waals surface area (Å²) < 4.78 is 5.44. The predicted molar refractivity (Wildman–Crippen MR) is 106 cm³/mol. The number of benzene rings is 1. The van der Waals surface area contributed by atoms with E-state index in [-0.39, 0.29) is 6.10 Å². The van der Waals surface area contributed by atoms with Crippen LogP contribution >= 0.6 is 0 Å². The van der Waals surface area contributed by atoms with Gasteiger partial charge < -0.3 is 19.7 Å². The topological polar surface area (TPSA) is 64.6 Å². The first kappa shape index (κ1) is 16.7. The molecule has 5 rings (SSSR count). The molecule has 0 radical (unpaired) electrons. The lowest BCUT2D eigenvalue weighted by atomic mass is 10.1. The monoisotopic (exact) mass is 364 g/mol. The number of anilines is 1. The van der Waals surface area contributed by atoms with Crippen LogP contribution in [0.15, 0.2) is 42.6 Å². The molecule has 0 bridgehead atoms. The van der Waals surface area contributed by atoms with E-state index in [9.17, 15) is 5.11 Å². The number of ether oxygens (including phenoxy) is 1. The van der Waals surface area contributed by atoms with E-state index in [4.69, 9.17) is 4.74 Å². The van der Waals surface area contributed by atoms with E-state index in [1.54, 1.807) is 0 Å². The third kappa shape index (κ3) is 3.32. The molecule has 0 saturated carbocycles. The first-order valence-corrected chi connectivity index (χ1v) is 9.56. The second kappa shape index (κ2) is 6.96. The Morgan fingerprint density at radius 1 is 1.11 bits per heavy atom. The van der Waals surface area contributed by atoms with Crippen LogP contribution in [0.4, 0.5) is 5.69 Å². The average molecular weight is 364 g/mol. The van der Waals surface area contributed by atoms with E-state index in [1.165, 1.54) is 5.69 Å². The van der Waals surface area contributed by atoms with Gasteiger partial charge in [0.2, 0.25) is 0 Å². The van der Waals surface area contributed by atoms with Gasteiger partial charge in [-0.05, 0) is 24.3 Å². The molecule has 3 aromatic rings. The molecule has 2 aliphatic heterocycles. The minimum absolute atomic E-state index is 0.190. The number of morpholine rings is 1. The fraction of sp³-hybridized carbons (Fsp3) is 0.381. The number of H-pyrrole nitrogens is 1. The van der Waals surface area contributed by atoms with Gasteiger partial charge in [0, 0.05) is 66.8 Å². The summed E-state index contributed by atoms with van der Waals surface area (Å²) in [4.78, 5) is 12.8. The van der Waals surface area contributed by atoms with Gasteiger partial charge in [-0.3, -0.25) is 9.88 Å². The van der Waals surface area contributed by atoms with Gasteiger partial charge in [-0.25, -0.2) is 0 Å². The Hall–Kier alpha value is -2.41. The van der Waals surface area contributed by atoms with Crippen LogP contribution in [-0.4, -0.2) is 65.5 Å². The molecular formula is C21H24N4O2. The summed E-state index contributed by atoms with van der Waals surface area (Å²) >= 11 is 0. The Morgan fingerprint density at radius 2 is 1.89 bits per heavy atom. The molecule has 6 nitrogen and oxygen atoms in total. The van der Waals surface area contributed by atoms with Crippen molar-refractivity contribution in [2.24, 2.45) is 0 Å². The molecule has 6 heteroatoms. The zero-order valence-corrected chi connectivity index (χ0v) is 15.3. The maximum atomic E-state index is 9.48. The summed E-state index contributed by atoms with van der Waals surface area (Å²) in [6, 6.07) is 12.7. The molecule has 0 unspecified atom stereocenters. The largest absolute Gasteiger partial charge is 0.389 e. The number of aliphatic hydroxyl groups is 1. The van der Waals surface area contributed by atoms with Crippen LogP contribution in [0.1, 0.15) is 5.69 Å². The zero-order valence-electron chi connectivity index (χ0n) is 15.3. The highest BCUT2D eigenvalue weighted by molar-refractivity contribution is 5.93. The van der Waals surface area contributed by atoms with Crippen molar-refractivity contribution in [1.82, 2.24) is 14.9 Å². The van der Waals surface area contributed by atoms with Crippen LogP contribution in [0.3, 0.4) is 0 Å². The van der Waals surface area contributed by atoms with Crippen molar-refractivity contribution in [2.45, 2.75) is 12.6 Å². The Kier molecular flexibility index (Phi) is 4.32. The standard InChI is InChI=1S/C21H24N4O2/c26-18-13-25(14-18)17-3-1-15(2-4-17)21-19-11-16(23-20(19)5-6-22-21)12-24-7-9-27-10-8-24/h1-6,11,18,23,26H,7-10,12-14H2. The van der Waals surface area contributed by atoms with Crippen LogP contribution in [-0.2, 0) is 11.3 Å². The minimum atomic E-state index is -0.190. The quantitative estimate of drug-likeness (QED) is 0.743. The average Bonchev–Trinajstić information content (AvgIpc) is 3.09. The molecule has 0 aliphatic carbocycles. The van der Waals surface area contributed by atoms with Crippen LogP contribution in [0.25, 0.3) is 22.2 Å². The van der Waals surface area contributed by atoms with Gasteiger partial charge in [0.25, 0.3) is 0 Å². The molecule has 0 spiro atoms. The molecule has 0 amide bonds. The van der Waals surface area contributed by atoms with Crippen molar-refractivity contribution < 1.29 is 9.84 Å². The van der Waals surface area contributed by atoms with Crippen molar-refractivity contribution >= 4 is 16.6 Å². The summed E-state index contributed by atoms with van der Waals surface area (Å²) in [7, 11) is 0. The van der Waals surface area contributed by atoms with Crippen molar-refractivity contribution in [3.8, 4) is 11.3 Å². The summed E-state index contributed by atoms with van der Waals surface area (Å²) in [6.45, 7) is 5.93. The van der Waals surface area contributed by atoms with Gasteiger partial charge in [0.1, 0.15) is 0 Å². The summed E-state index contributed by atoms with van der Waals surface area (Å²) in [5, 5.41) is 10.6. The molecule has 140 valence electrons. The van der Waals surface area contributed by atoms with Gasteiger partial charge in [-0.2, -0.15) is 0 Å². The fourth-order valence-electron chi connectivity index (χ4n) is 3.92. The lowest BCUT2D eigenvalue weighted by Gasteiger charge is -2.37. The van der Waals surface area contributed by atoms with Crippen molar-refractivity contribution in [3.05, 3.63) is 48.3 Å². The SMILES string of the molecule is OC1CN(c2ccc(-c3nccc4[nH]c(CN5CCOCC5)cc34)cc2)C1. The molecule has 2 aromatic heterocycles. The highest BCUT2D eigenvalue weighted by atomic mass is 16.5. The van der Waals surface area contributed by atoms with E-state index < -0.39 is 0 Å². The van der Waals surface area contributed by atoms with E-state index in [0.29, 0.717) is 0 Å². The third-order valence-electron chi connectivity index (χ3n) is 5.47. The second-order valence-corrected chi connectivity index (χ2v) is 7.41. The lowest BCUT2D eigenvalue weighted by molar-refractivity contribution is 0.0337. The second-order valence-electron chi connectivity index (χ2n) is 7.41. The van der Waals surface area contributed by atoms with E-state index in [1.807, 2.05) is 12.3 Å². The third-order valence-corrected chi connectivity index (χ3v) is 5.47. The highest BCUT2D eigenvalue weighted by Crippen LogP contribution is 2.30. The Morgan fingerprint density at radius 3 is 2.63 bits per heavy atom. The number of aliphatic hydroxyl groups excluding tert-OH is 1. The van der Waals surface area contributed by atoms with Crippen molar-refractivity contribution in [2.75, 3.05) is 44.3 Å². The Balaban J connectivity index is 1.41. The van der Waals surface area contributed by atoms with Crippen LogP contribution in [0.2, 0.25) is 0 Å². The number of β-amino-alcohol motifs (C(OH)–C–C–N with tert-alkyl or cyclic N) is 1. The maximum Gasteiger partial charge on any atom is 0.0889 e. The predicted octanol–water partition coefficient (Wildman–Crippen LogP) is 2.24. The maximum absolute atomic E-state index is 9.48. The van der Waals surface area contributed by atoms with Gasteiger partial charge >= 0.3 is 0 Å². The molecule has 1 aromatic carbocycles. The minimum Gasteiger partial charge on any atom is -0.389 e. The summed E-state index contributed by atoms with van der Waals surface area (Å²) in [6.07, 6.45) is 1.68. The van der Waals surface area contributed by atoms with Gasteiger partial charge in [-0.1, -0.05) is 12.1 Å². The van der Waals surface area contributed by atoms with E-state index >= 15 is 0 Å². The molecule has 4 heterocycles. The first-order chi connectivity index (χ1) is 13.3. The highest BCUT2D eigenvalue weighted by Gasteiger charge is 2.24. The van der Waals surface area contributed by atoms with Crippen LogP contribution < -0.4 is 4.90 Å². The number of hydrogen-bond acceptors (Lipinski definition) is 5. The van der Waals surface area contributed by atoms with Crippen LogP contribution in [0, 0.1) is 0 Å². The number of aromatic amines is 1. The Labute approximate surface area is 158 Å². The molecule has 27 heavy (non-hydrogen) atoms. The Bertz CT molecular complexity index is 925. The van der Waals surface area contributed by atoms with E-state index in [2.05, 4.69) is 50.1 Å². The lowest BCUT2D eigenvalue weighted by Crippen LogP contribution is -2.50. The first-order valence-electron chi connectivity index (χ1n) is 9.56. The number of hydrogen-bond donors (Lipinski definition) is 2. The smallest absolute Gasteiger partial charge is 0.0889 e. The molecular weight excluding hydrogens is 340 g/mol. The van der Waals surface area contributed by atoms with Crippen LogP contribution in [0.5, 0.6) is 0 Å². The van der Waals surface area contributed by atoms with Crippen molar-refractivity contribution in [1.29, 1.82) is 0 Å². The fourth-order valence-corrected chi connectivity index (χ4v) is 3.92. The van der Waals surface area contributed by atoms with E-state index in [0.717, 1.165) is 73.8 Å². The number of nitrogens with zero attached hydrogens (tertiary/aromatic N) is 3. The molecule has 2 aliphatic rings. The summed E-state index contributed by atoms with van der Waals surface area (Å²) in [5.41, 5.74) is 5.61. The van der Waals surface area contributed by atoms with Gasteiger partial charge in [0.15, 0.2) is 0 Å². The van der Waals surface area contributed by atoms with Crippen molar-refractivity contribution in [3.63, 3.8) is 0 Å². The molecule has 2 N–H and O–H groups in total. The summed E-state index contributed by atoms with van der Waals surface area (Å²) in [5.74, 6) is 0. The number of fused-ring (bicyclic) bond motifs is 1. The number of aromatic nitrogens is 2. The zero-order chi connectivity index (χ0) is 18.2. The van der Waals surface area contributed by atoms with Gasteiger partial charge in [0.05, 0.1) is 25.0 Å². The number of pyridine rings is 1. The molecule has 0 atom stereocenters. The number of nitrogens with one attached hydrogen (secondary N) is 1. The molecule has 2 saturated heterocycles. The van der Waals surface area contributed by atoms with Gasteiger partial charge in [-0.15, -0.1) is 0 Å². The molecule has 2 fully saturated rings.